The van der Waals surface area contributed by atoms with Crippen LogP contribution >= 0.6 is 0 Å². The van der Waals surface area contributed by atoms with Gasteiger partial charge in [-0.2, -0.15) is 0 Å². The van der Waals surface area contributed by atoms with E-state index in [9.17, 15) is 4.79 Å². The van der Waals surface area contributed by atoms with E-state index < -0.39 is 0 Å². The fraction of sp³-hybridized carbons (Fsp3) is 0.385. The highest BCUT2D eigenvalue weighted by atomic mass is 16.1. The highest BCUT2D eigenvalue weighted by Gasteiger charge is 2.35. The smallest absolute Gasteiger partial charge is 0.258 e. The molecule has 0 spiro atoms. The normalized spacial score (nSPS) is 20.6. The van der Waals surface area contributed by atoms with Crippen LogP contribution in [0.2, 0.25) is 0 Å². The predicted molar refractivity (Wildman–Crippen MR) is 124 cm³/mol. The number of hydrogen-bond acceptors (Lipinski definition) is 4. The van der Waals surface area contributed by atoms with Crippen LogP contribution in [0.3, 0.4) is 0 Å². The molecule has 160 valence electrons. The summed E-state index contributed by atoms with van der Waals surface area (Å²) in [6, 6.07) is 18.7. The third-order valence-electron chi connectivity index (χ3n) is 6.59. The van der Waals surface area contributed by atoms with Crippen LogP contribution in [0.5, 0.6) is 0 Å². The second-order valence-electron chi connectivity index (χ2n) is 9.30. The number of aromatic nitrogens is 2. The Morgan fingerprint density at radius 1 is 0.968 bits per heavy atom. The summed E-state index contributed by atoms with van der Waals surface area (Å²) in [6.07, 6.45) is 3.04. The van der Waals surface area contributed by atoms with Crippen LogP contribution in [-0.2, 0) is 19.6 Å². The first-order valence-electron chi connectivity index (χ1n) is 11.2. The van der Waals surface area contributed by atoms with E-state index in [1.54, 1.807) is 0 Å². The molecule has 4 heterocycles. The molecule has 2 atom stereocenters. The van der Waals surface area contributed by atoms with Crippen LogP contribution in [0.4, 0.5) is 0 Å². The molecule has 3 aromatic rings. The lowest BCUT2D eigenvalue weighted by Crippen LogP contribution is -2.47. The van der Waals surface area contributed by atoms with Crippen molar-refractivity contribution in [2.24, 2.45) is 5.92 Å². The van der Waals surface area contributed by atoms with Crippen molar-refractivity contribution < 1.29 is 0 Å². The molecule has 5 rings (SSSR count). The number of nitrogens with zero attached hydrogens (tertiary/aromatic N) is 4. The van der Waals surface area contributed by atoms with Crippen LogP contribution in [0.1, 0.15) is 29.3 Å². The van der Waals surface area contributed by atoms with Crippen LogP contribution in [0.25, 0.3) is 11.1 Å². The Labute approximate surface area is 184 Å². The van der Waals surface area contributed by atoms with Crippen LogP contribution < -0.4 is 5.56 Å². The molecule has 2 unspecified atom stereocenters. The molecule has 2 aromatic heterocycles. The lowest BCUT2D eigenvalue weighted by atomic mass is 9.82. The number of likely N-dealkylation sites (tertiary alicyclic amines) is 1. The lowest BCUT2D eigenvalue weighted by molar-refractivity contribution is 0.113. The summed E-state index contributed by atoms with van der Waals surface area (Å²) in [5, 5.41) is 0. The van der Waals surface area contributed by atoms with Gasteiger partial charge in [0, 0.05) is 56.1 Å². The maximum absolute atomic E-state index is 13.6. The maximum atomic E-state index is 13.6. The number of piperidine rings is 1. The van der Waals surface area contributed by atoms with Gasteiger partial charge in [0.15, 0.2) is 0 Å². The molecular formula is C26H30N4O. The van der Waals surface area contributed by atoms with Gasteiger partial charge in [-0.05, 0) is 61.8 Å². The molecule has 0 N–H and O–H groups in total. The Morgan fingerprint density at radius 3 is 2.61 bits per heavy atom. The zero-order valence-corrected chi connectivity index (χ0v) is 18.4. The van der Waals surface area contributed by atoms with E-state index in [0.29, 0.717) is 11.8 Å². The lowest BCUT2D eigenvalue weighted by Gasteiger charge is -2.42. The first kappa shape index (κ1) is 20.2. The van der Waals surface area contributed by atoms with Crippen molar-refractivity contribution in [2.75, 3.05) is 27.2 Å². The molecule has 0 saturated carbocycles. The second-order valence-corrected chi connectivity index (χ2v) is 9.30. The number of pyridine rings is 2. The van der Waals surface area contributed by atoms with Gasteiger partial charge in [0.1, 0.15) is 0 Å². The molecule has 31 heavy (non-hydrogen) atoms. The molecule has 2 aliphatic rings. The summed E-state index contributed by atoms with van der Waals surface area (Å²) < 4.78 is 2.07. The Kier molecular flexibility index (Phi) is 5.47. The van der Waals surface area contributed by atoms with Crippen molar-refractivity contribution in [3.63, 3.8) is 0 Å². The minimum Gasteiger partial charge on any atom is -0.311 e. The van der Waals surface area contributed by atoms with Crippen molar-refractivity contribution >= 4 is 0 Å². The number of fused-ring (bicyclic) bond motifs is 4. The van der Waals surface area contributed by atoms with Gasteiger partial charge in [-0.15, -0.1) is 0 Å². The first-order chi connectivity index (χ1) is 15.1. The monoisotopic (exact) mass is 414 g/mol. The van der Waals surface area contributed by atoms with Gasteiger partial charge < -0.3 is 9.47 Å². The van der Waals surface area contributed by atoms with E-state index in [1.807, 2.05) is 18.3 Å². The molecular weight excluding hydrogens is 384 g/mol. The average Bonchev–Trinajstić information content (AvgIpc) is 2.75. The van der Waals surface area contributed by atoms with Crippen molar-refractivity contribution in [1.29, 1.82) is 0 Å². The van der Waals surface area contributed by atoms with E-state index in [4.69, 9.17) is 0 Å². The molecule has 1 aromatic carbocycles. The fourth-order valence-electron chi connectivity index (χ4n) is 5.36. The SMILES string of the molecule is CN(C)Cc1ccccc1-c1ccc2n(c1=O)CC1CC2CN(Cc2ccccn2)C1. The van der Waals surface area contributed by atoms with E-state index in [0.717, 1.165) is 49.5 Å². The second kappa shape index (κ2) is 8.40. The third kappa shape index (κ3) is 4.08. The van der Waals surface area contributed by atoms with Crippen molar-refractivity contribution in [3.05, 3.63) is 88.1 Å². The first-order valence-corrected chi connectivity index (χ1v) is 11.2. The zero-order chi connectivity index (χ0) is 21.4. The van der Waals surface area contributed by atoms with Crippen LogP contribution in [0, 0.1) is 5.92 Å². The molecule has 0 aliphatic carbocycles. The van der Waals surface area contributed by atoms with Crippen LogP contribution in [0.15, 0.2) is 65.6 Å². The van der Waals surface area contributed by atoms with Crippen molar-refractivity contribution in [1.82, 2.24) is 19.4 Å². The summed E-state index contributed by atoms with van der Waals surface area (Å²) in [5.41, 5.74) is 5.56. The van der Waals surface area contributed by atoms with Gasteiger partial charge in [-0.25, -0.2) is 0 Å². The summed E-state index contributed by atoms with van der Waals surface area (Å²) in [6.45, 7) is 4.54. The number of rotatable bonds is 5. The van der Waals surface area contributed by atoms with E-state index in [1.165, 1.54) is 17.7 Å². The molecule has 2 bridgehead atoms. The Hall–Kier alpha value is -2.76. The quantitative estimate of drug-likeness (QED) is 0.640. The van der Waals surface area contributed by atoms with E-state index in [2.05, 4.69) is 75.9 Å². The van der Waals surface area contributed by atoms with Gasteiger partial charge in [0.25, 0.3) is 5.56 Å². The van der Waals surface area contributed by atoms with Gasteiger partial charge in [0.05, 0.1) is 5.69 Å². The molecule has 5 heteroatoms. The number of hydrogen-bond donors (Lipinski definition) is 0. The minimum absolute atomic E-state index is 0.164. The Morgan fingerprint density at radius 2 is 1.81 bits per heavy atom. The van der Waals surface area contributed by atoms with Crippen LogP contribution in [-0.4, -0.2) is 46.5 Å². The highest BCUT2D eigenvalue weighted by Crippen LogP contribution is 2.36. The standard InChI is InChI=1S/C26H30N4O/c1-28(2)16-20-7-3-4-9-23(20)24-10-11-25-21-13-19(15-30(25)26(24)31)14-29(17-21)18-22-8-5-6-12-27-22/h3-12,19,21H,13-18H2,1-2H3. The van der Waals surface area contributed by atoms with Gasteiger partial charge in [0.2, 0.25) is 0 Å². The average molecular weight is 415 g/mol. The summed E-state index contributed by atoms with van der Waals surface area (Å²) in [5.74, 6) is 0.926. The van der Waals surface area contributed by atoms with E-state index >= 15 is 0 Å². The summed E-state index contributed by atoms with van der Waals surface area (Å²) in [4.78, 5) is 22.7. The van der Waals surface area contributed by atoms with Gasteiger partial charge >= 0.3 is 0 Å². The zero-order valence-electron chi connectivity index (χ0n) is 18.4. The van der Waals surface area contributed by atoms with Crippen molar-refractivity contribution in [3.8, 4) is 11.1 Å². The Balaban J connectivity index is 1.45. The predicted octanol–water partition coefficient (Wildman–Crippen LogP) is 3.59. The van der Waals surface area contributed by atoms with Gasteiger partial charge in [-0.1, -0.05) is 30.3 Å². The summed E-state index contributed by atoms with van der Waals surface area (Å²) >= 11 is 0. The molecule has 2 aliphatic heterocycles. The third-order valence-corrected chi connectivity index (χ3v) is 6.59. The maximum Gasteiger partial charge on any atom is 0.258 e. The molecule has 5 nitrogen and oxygen atoms in total. The Bertz CT molecular complexity index is 1120. The fourth-order valence-corrected chi connectivity index (χ4v) is 5.36. The van der Waals surface area contributed by atoms with Crippen molar-refractivity contribution in [2.45, 2.75) is 32.0 Å². The largest absolute Gasteiger partial charge is 0.311 e. The van der Waals surface area contributed by atoms with Gasteiger partial charge in [-0.3, -0.25) is 14.7 Å². The highest BCUT2D eigenvalue weighted by molar-refractivity contribution is 5.66. The molecule has 1 fully saturated rings. The molecule has 0 radical (unpaired) electrons. The summed E-state index contributed by atoms with van der Waals surface area (Å²) in [7, 11) is 4.13. The molecule has 1 saturated heterocycles. The minimum atomic E-state index is 0.164. The number of benzene rings is 1. The topological polar surface area (TPSA) is 41.4 Å². The molecule has 0 amide bonds. The van der Waals surface area contributed by atoms with E-state index in [-0.39, 0.29) is 5.56 Å².